The van der Waals surface area contributed by atoms with Crippen molar-refractivity contribution in [3.8, 4) is 0 Å². The lowest BCUT2D eigenvalue weighted by Crippen LogP contribution is -2.09. The molecule has 0 bridgehead atoms. The van der Waals surface area contributed by atoms with E-state index in [9.17, 15) is 4.79 Å². The number of allylic oxidation sites excluding steroid dienone is 4. The van der Waals surface area contributed by atoms with Crippen LogP contribution in [0.2, 0.25) is 0 Å². The van der Waals surface area contributed by atoms with E-state index in [1.807, 2.05) is 6.08 Å². The lowest BCUT2D eigenvalue weighted by Gasteiger charge is -2.22. The molecule has 0 atom stereocenters. The fourth-order valence-corrected chi connectivity index (χ4v) is 1.30. The van der Waals surface area contributed by atoms with Crippen LogP contribution in [0, 0.1) is 5.41 Å². The minimum atomic E-state index is -0.723. The molecule has 0 aromatic carbocycles. The van der Waals surface area contributed by atoms with E-state index in [0.29, 0.717) is 6.42 Å². The van der Waals surface area contributed by atoms with Crippen LogP contribution < -0.4 is 0 Å². The van der Waals surface area contributed by atoms with Crippen LogP contribution in [-0.4, -0.2) is 11.1 Å². The third-order valence-electron chi connectivity index (χ3n) is 2.27. The molecule has 0 aliphatic heterocycles. The molecule has 1 rings (SSSR count). The Labute approximate surface area is 79.0 Å². The van der Waals surface area contributed by atoms with Crippen molar-refractivity contribution >= 4 is 5.97 Å². The number of hydrogen-bond acceptors (Lipinski definition) is 1. The highest BCUT2D eigenvalue weighted by Gasteiger charge is 2.15. The highest BCUT2D eigenvalue weighted by molar-refractivity contribution is 5.67. The first-order chi connectivity index (χ1) is 5.99. The van der Waals surface area contributed by atoms with Crippen molar-refractivity contribution in [1.82, 2.24) is 0 Å². The zero-order valence-corrected chi connectivity index (χ0v) is 8.21. The first-order valence-corrected chi connectivity index (χ1v) is 4.60. The van der Waals surface area contributed by atoms with Crippen molar-refractivity contribution in [2.24, 2.45) is 5.41 Å². The second-order valence-corrected chi connectivity index (χ2v) is 4.20. The van der Waals surface area contributed by atoms with Gasteiger partial charge in [-0.2, -0.15) is 0 Å². The van der Waals surface area contributed by atoms with Crippen molar-refractivity contribution in [3.05, 3.63) is 23.8 Å². The van der Waals surface area contributed by atoms with Crippen LogP contribution in [0.15, 0.2) is 23.8 Å². The second-order valence-electron chi connectivity index (χ2n) is 4.20. The maximum absolute atomic E-state index is 10.3. The molecule has 0 fully saturated rings. The van der Waals surface area contributed by atoms with Crippen LogP contribution >= 0.6 is 0 Å². The average Bonchev–Trinajstić information content (AvgIpc) is 2.02. The Hall–Kier alpha value is -1.05. The van der Waals surface area contributed by atoms with Gasteiger partial charge in [-0.25, -0.2) is 0 Å². The Morgan fingerprint density at radius 3 is 2.77 bits per heavy atom. The molecule has 1 N–H and O–H groups in total. The molecule has 0 aromatic heterocycles. The van der Waals surface area contributed by atoms with E-state index in [1.54, 1.807) is 0 Å². The summed E-state index contributed by atoms with van der Waals surface area (Å²) >= 11 is 0. The van der Waals surface area contributed by atoms with Crippen LogP contribution in [0.1, 0.15) is 33.1 Å². The molecule has 0 heterocycles. The molecule has 13 heavy (non-hydrogen) atoms. The number of aliphatic carboxylic acids is 1. The van der Waals surface area contributed by atoms with Gasteiger partial charge in [-0.05, 0) is 18.3 Å². The van der Waals surface area contributed by atoms with Crippen LogP contribution in [0.4, 0.5) is 0 Å². The number of carbonyl (C=O) groups is 1. The van der Waals surface area contributed by atoms with Crippen LogP contribution in [0.25, 0.3) is 0 Å². The topological polar surface area (TPSA) is 37.3 Å². The highest BCUT2D eigenvalue weighted by atomic mass is 16.4. The lowest BCUT2D eigenvalue weighted by atomic mass is 9.83. The van der Waals surface area contributed by atoms with Crippen LogP contribution in [0.3, 0.4) is 0 Å². The molecule has 0 spiro atoms. The minimum Gasteiger partial charge on any atom is -0.481 e. The normalized spacial score (nSPS) is 19.7. The molecule has 0 unspecified atom stereocenters. The molecule has 0 amide bonds. The molecular formula is C11H16O2. The SMILES string of the molecule is CC1(C)C=CC(CCC(=O)O)=CC1. The Kier molecular flexibility index (Phi) is 2.91. The van der Waals surface area contributed by atoms with E-state index in [0.717, 1.165) is 12.0 Å². The third kappa shape index (κ3) is 3.45. The standard InChI is InChI=1S/C11H16O2/c1-11(2)7-5-9(6-8-11)3-4-10(12)13/h5-7H,3-4,8H2,1-2H3,(H,12,13). The Morgan fingerprint density at radius 1 is 1.62 bits per heavy atom. The van der Waals surface area contributed by atoms with Gasteiger partial charge in [0.15, 0.2) is 0 Å². The van der Waals surface area contributed by atoms with Gasteiger partial charge < -0.3 is 5.11 Å². The zero-order chi connectivity index (χ0) is 9.90. The first kappa shape index (κ1) is 10.0. The summed E-state index contributed by atoms with van der Waals surface area (Å²) in [4.78, 5) is 10.3. The number of hydrogen-bond donors (Lipinski definition) is 1. The van der Waals surface area contributed by atoms with Gasteiger partial charge in [0.1, 0.15) is 0 Å². The number of carboxylic acid groups (broad SMARTS) is 1. The van der Waals surface area contributed by atoms with Gasteiger partial charge in [0, 0.05) is 6.42 Å². The molecule has 2 heteroatoms. The maximum atomic E-state index is 10.3. The third-order valence-corrected chi connectivity index (χ3v) is 2.27. The molecule has 1 aliphatic rings. The largest absolute Gasteiger partial charge is 0.481 e. The predicted octanol–water partition coefficient (Wildman–Crippen LogP) is 2.76. The fourth-order valence-electron chi connectivity index (χ4n) is 1.30. The van der Waals surface area contributed by atoms with Gasteiger partial charge >= 0.3 is 5.97 Å². The Morgan fingerprint density at radius 2 is 2.31 bits per heavy atom. The summed E-state index contributed by atoms with van der Waals surface area (Å²) in [6, 6.07) is 0. The molecule has 0 aromatic rings. The minimum absolute atomic E-state index is 0.233. The summed E-state index contributed by atoms with van der Waals surface area (Å²) in [5.41, 5.74) is 1.40. The van der Waals surface area contributed by atoms with Gasteiger partial charge in [-0.15, -0.1) is 0 Å². The van der Waals surface area contributed by atoms with Crippen molar-refractivity contribution in [1.29, 1.82) is 0 Å². The Balaban J connectivity index is 2.44. The molecule has 0 radical (unpaired) electrons. The quantitative estimate of drug-likeness (QED) is 0.725. The zero-order valence-electron chi connectivity index (χ0n) is 8.21. The fraction of sp³-hybridized carbons (Fsp3) is 0.545. The van der Waals surface area contributed by atoms with E-state index in [4.69, 9.17) is 5.11 Å². The summed E-state index contributed by atoms with van der Waals surface area (Å²) in [7, 11) is 0. The first-order valence-electron chi connectivity index (χ1n) is 4.60. The average molecular weight is 180 g/mol. The van der Waals surface area contributed by atoms with Crippen molar-refractivity contribution < 1.29 is 9.90 Å². The van der Waals surface area contributed by atoms with E-state index in [1.165, 1.54) is 0 Å². The second kappa shape index (κ2) is 3.77. The smallest absolute Gasteiger partial charge is 0.303 e. The van der Waals surface area contributed by atoms with Crippen molar-refractivity contribution in [3.63, 3.8) is 0 Å². The van der Waals surface area contributed by atoms with Crippen molar-refractivity contribution in [2.45, 2.75) is 33.1 Å². The van der Waals surface area contributed by atoms with Gasteiger partial charge in [0.05, 0.1) is 0 Å². The van der Waals surface area contributed by atoms with E-state index < -0.39 is 5.97 Å². The molecule has 0 saturated heterocycles. The monoisotopic (exact) mass is 180 g/mol. The highest BCUT2D eigenvalue weighted by Crippen LogP contribution is 2.29. The van der Waals surface area contributed by atoms with Crippen molar-refractivity contribution in [2.75, 3.05) is 0 Å². The summed E-state index contributed by atoms with van der Waals surface area (Å²) in [6.45, 7) is 4.35. The van der Waals surface area contributed by atoms with Gasteiger partial charge in [-0.1, -0.05) is 37.6 Å². The maximum Gasteiger partial charge on any atom is 0.303 e. The molecule has 1 aliphatic carbocycles. The summed E-state index contributed by atoms with van der Waals surface area (Å²) < 4.78 is 0. The summed E-state index contributed by atoms with van der Waals surface area (Å²) in [6.07, 6.45) is 8.25. The summed E-state index contributed by atoms with van der Waals surface area (Å²) in [5, 5.41) is 8.50. The molecular weight excluding hydrogens is 164 g/mol. The summed E-state index contributed by atoms with van der Waals surface area (Å²) in [5.74, 6) is -0.723. The number of rotatable bonds is 3. The van der Waals surface area contributed by atoms with Crippen LogP contribution in [-0.2, 0) is 4.79 Å². The van der Waals surface area contributed by atoms with E-state index in [-0.39, 0.29) is 11.8 Å². The van der Waals surface area contributed by atoms with E-state index in [2.05, 4.69) is 26.0 Å². The molecule has 72 valence electrons. The van der Waals surface area contributed by atoms with Crippen LogP contribution in [0.5, 0.6) is 0 Å². The molecule has 2 nitrogen and oxygen atoms in total. The van der Waals surface area contributed by atoms with Gasteiger partial charge in [-0.3, -0.25) is 4.79 Å². The molecule has 0 saturated carbocycles. The predicted molar refractivity (Wildman–Crippen MR) is 52.5 cm³/mol. The van der Waals surface area contributed by atoms with E-state index >= 15 is 0 Å². The Bertz CT molecular complexity index is 259. The lowest BCUT2D eigenvalue weighted by molar-refractivity contribution is -0.136. The number of carboxylic acids is 1. The van der Waals surface area contributed by atoms with Gasteiger partial charge in [0.25, 0.3) is 0 Å². The van der Waals surface area contributed by atoms with Gasteiger partial charge in [0.2, 0.25) is 0 Å².